The third-order valence-electron chi connectivity index (χ3n) is 4.77. The van der Waals surface area contributed by atoms with E-state index in [4.69, 9.17) is 4.74 Å². The Balaban J connectivity index is 1.45. The number of benzene rings is 2. The van der Waals surface area contributed by atoms with Gasteiger partial charge in [-0.05, 0) is 61.2 Å². The standard InChI is InChI=1S/C22H27N3O5S/c1-25(2)22(27)15-30-19-10-8-17(9-11-19)23-21(26)14-5-16-3-12-20(13-4-16)31(28,29)24-18-6-7-18/h3-4,8-13,18,24H,5-7,14-15H2,1-2H3,(H,23,26). The van der Waals surface area contributed by atoms with E-state index in [0.29, 0.717) is 17.9 Å². The van der Waals surface area contributed by atoms with Crippen LogP contribution in [0.25, 0.3) is 0 Å². The third kappa shape index (κ3) is 7.08. The zero-order valence-electron chi connectivity index (χ0n) is 17.6. The van der Waals surface area contributed by atoms with Crippen LogP contribution in [0.1, 0.15) is 24.8 Å². The molecule has 2 N–H and O–H groups in total. The molecule has 2 aromatic rings. The van der Waals surface area contributed by atoms with Crippen LogP contribution in [0.3, 0.4) is 0 Å². The Labute approximate surface area is 182 Å². The molecule has 31 heavy (non-hydrogen) atoms. The van der Waals surface area contributed by atoms with Crippen molar-refractivity contribution in [2.75, 3.05) is 26.0 Å². The monoisotopic (exact) mass is 445 g/mol. The lowest BCUT2D eigenvalue weighted by Gasteiger charge is -2.12. The summed E-state index contributed by atoms with van der Waals surface area (Å²) in [6, 6.07) is 13.5. The number of nitrogens with zero attached hydrogens (tertiary/aromatic N) is 1. The van der Waals surface area contributed by atoms with Crippen molar-refractivity contribution in [3.8, 4) is 5.75 Å². The average molecular weight is 446 g/mol. The molecular formula is C22H27N3O5S. The molecule has 0 saturated heterocycles. The summed E-state index contributed by atoms with van der Waals surface area (Å²) in [7, 11) is -0.144. The summed E-state index contributed by atoms with van der Waals surface area (Å²) in [6.45, 7) is -0.0462. The lowest BCUT2D eigenvalue weighted by atomic mass is 10.1. The maximum Gasteiger partial charge on any atom is 0.259 e. The maximum absolute atomic E-state index is 12.2. The molecule has 0 radical (unpaired) electrons. The van der Waals surface area contributed by atoms with Gasteiger partial charge in [-0.2, -0.15) is 0 Å². The average Bonchev–Trinajstić information content (AvgIpc) is 3.55. The SMILES string of the molecule is CN(C)C(=O)COc1ccc(NC(=O)CCc2ccc(S(=O)(=O)NC3CC3)cc2)cc1. The highest BCUT2D eigenvalue weighted by atomic mass is 32.2. The van der Waals surface area contributed by atoms with E-state index in [9.17, 15) is 18.0 Å². The number of hydrogen-bond donors (Lipinski definition) is 2. The molecular weight excluding hydrogens is 418 g/mol. The molecule has 2 aromatic carbocycles. The van der Waals surface area contributed by atoms with Gasteiger partial charge in [0.1, 0.15) is 5.75 Å². The van der Waals surface area contributed by atoms with Crippen molar-refractivity contribution >= 4 is 27.5 Å². The lowest BCUT2D eigenvalue weighted by molar-refractivity contribution is -0.130. The Kier molecular flexibility index (Phi) is 7.29. The first-order valence-electron chi connectivity index (χ1n) is 10.1. The highest BCUT2D eigenvalue weighted by Gasteiger charge is 2.27. The number of rotatable bonds is 10. The fourth-order valence-electron chi connectivity index (χ4n) is 2.71. The summed E-state index contributed by atoms with van der Waals surface area (Å²) in [5.41, 5.74) is 1.51. The second kappa shape index (κ2) is 9.93. The summed E-state index contributed by atoms with van der Waals surface area (Å²) in [5.74, 6) is 0.255. The Morgan fingerprint density at radius 2 is 1.68 bits per heavy atom. The van der Waals surface area contributed by atoms with Gasteiger partial charge in [-0.3, -0.25) is 9.59 Å². The van der Waals surface area contributed by atoms with Crippen LogP contribution >= 0.6 is 0 Å². The minimum Gasteiger partial charge on any atom is -0.484 e. The van der Waals surface area contributed by atoms with E-state index in [0.717, 1.165) is 18.4 Å². The summed E-state index contributed by atoms with van der Waals surface area (Å²) in [6.07, 6.45) is 2.54. The molecule has 0 unspecified atom stereocenters. The Bertz CT molecular complexity index is 1010. The van der Waals surface area contributed by atoms with Gasteiger partial charge in [0.05, 0.1) is 4.90 Å². The smallest absolute Gasteiger partial charge is 0.259 e. The fourth-order valence-corrected chi connectivity index (χ4v) is 4.02. The zero-order valence-corrected chi connectivity index (χ0v) is 18.4. The van der Waals surface area contributed by atoms with Crippen molar-refractivity contribution in [2.45, 2.75) is 36.6 Å². The van der Waals surface area contributed by atoms with Gasteiger partial charge in [-0.25, -0.2) is 13.1 Å². The minimum absolute atomic E-state index is 0.0462. The third-order valence-corrected chi connectivity index (χ3v) is 6.31. The van der Waals surface area contributed by atoms with Crippen LogP contribution < -0.4 is 14.8 Å². The van der Waals surface area contributed by atoms with Crippen LogP contribution in [0.5, 0.6) is 5.75 Å². The van der Waals surface area contributed by atoms with Crippen molar-refractivity contribution < 1.29 is 22.7 Å². The van der Waals surface area contributed by atoms with Crippen molar-refractivity contribution in [1.82, 2.24) is 9.62 Å². The number of nitrogens with one attached hydrogen (secondary N) is 2. The van der Waals surface area contributed by atoms with E-state index in [1.165, 1.54) is 4.90 Å². The van der Waals surface area contributed by atoms with E-state index in [-0.39, 0.29) is 35.8 Å². The molecule has 8 nitrogen and oxygen atoms in total. The van der Waals surface area contributed by atoms with Crippen LogP contribution in [-0.2, 0) is 26.0 Å². The Hall–Kier alpha value is -2.91. The predicted molar refractivity (Wildman–Crippen MR) is 117 cm³/mol. The normalized spacial score (nSPS) is 13.5. The predicted octanol–water partition coefficient (Wildman–Crippen LogP) is 2.17. The number of carbonyl (C=O) groups excluding carboxylic acids is 2. The largest absolute Gasteiger partial charge is 0.484 e. The summed E-state index contributed by atoms with van der Waals surface area (Å²) >= 11 is 0. The van der Waals surface area contributed by atoms with Gasteiger partial charge in [-0.1, -0.05) is 12.1 Å². The molecule has 1 saturated carbocycles. The van der Waals surface area contributed by atoms with Gasteiger partial charge in [-0.15, -0.1) is 0 Å². The van der Waals surface area contributed by atoms with Crippen molar-refractivity contribution in [2.24, 2.45) is 0 Å². The first-order valence-corrected chi connectivity index (χ1v) is 11.6. The molecule has 0 bridgehead atoms. The van der Waals surface area contributed by atoms with Crippen LogP contribution in [0.4, 0.5) is 5.69 Å². The minimum atomic E-state index is -3.46. The van der Waals surface area contributed by atoms with E-state index in [1.807, 2.05) is 0 Å². The molecule has 3 rings (SSSR count). The molecule has 0 atom stereocenters. The number of likely N-dealkylation sites (N-methyl/N-ethyl adjacent to an activating group) is 1. The molecule has 1 aliphatic rings. The summed E-state index contributed by atoms with van der Waals surface area (Å²) < 4.78 is 32.4. The zero-order chi connectivity index (χ0) is 22.4. The van der Waals surface area contributed by atoms with Crippen molar-refractivity contribution in [3.05, 3.63) is 54.1 Å². The van der Waals surface area contributed by atoms with Gasteiger partial charge in [0.2, 0.25) is 15.9 Å². The number of ether oxygens (including phenoxy) is 1. The van der Waals surface area contributed by atoms with Crippen molar-refractivity contribution in [3.63, 3.8) is 0 Å². The molecule has 9 heteroatoms. The molecule has 0 aromatic heterocycles. The fraction of sp³-hybridized carbons (Fsp3) is 0.364. The van der Waals surface area contributed by atoms with Gasteiger partial charge >= 0.3 is 0 Å². The molecule has 2 amide bonds. The second-order valence-electron chi connectivity index (χ2n) is 7.69. The topological polar surface area (TPSA) is 105 Å². The summed E-state index contributed by atoms with van der Waals surface area (Å²) in [5, 5.41) is 2.81. The number of sulfonamides is 1. The summed E-state index contributed by atoms with van der Waals surface area (Å²) in [4.78, 5) is 25.4. The molecule has 1 aliphatic carbocycles. The lowest BCUT2D eigenvalue weighted by Crippen LogP contribution is -2.27. The molecule has 0 spiro atoms. The Morgan fingerprint density at radius 3 is 2.26 bits per heavy atom. The highest BCUT2D eigenvalue weighted by Crippen LogP contribution is 2.22. The first-order chi connectivity index (χ1) is 14.7. The molecule has 1 fully saturated rings. The number of hydrogen-bond acceptors (Lipinski definition) is 5. The van der Waals surface area contributed by atoms with Crippen LogP contribution in [0, 0.1) is 0 Å². The van der Waals surface area contributed by atoms with Crippen LogP contribution in [0.2, 0.25) is 0 Å². The number of amides is 2. The van der Waals surface area contributed by atoms with Gasteiger partial charge in [0, 0.05) is 32.2 Å². The highest BCUT2D eigenvalue weighted by molar-refractivity contribution is 7.89. The first kappa shape index (κ1) is 22.8. The van der Waals surface area contributed by atoms with Crippen LogP contribution in [-0.4, -0.2) is 51.9 Å². The van der Waals surface area contributed by atoms with E-state index in [1.54, 1.807) is 62.6 Å². The number of aryl methyl sites for hydroxylation is 1. The quantitative estimate of drug-likeness (QED) is 0.583. The Morgan fingerprint density at radius 1 is 1.03 bits per heavy atom. The van der Waals surface area contributed by atoms with E-state index in [2.05, 4.69) is 10.0 Å². The molecule has 0 aliphatic heterocycles. The van der Waals surface area contributed by atoms with E-state index >= 15 is 0 Å². The van der Waals surface area contributed by atoms with Gasteiger partial charge in [0.25, 0.3) is 5.91 Å². The van der Waals surface area contributed by atoms with Gasteiger partial charge in [0.15, 0.2) is 6.61 Å². The van der Waals surface area contributed by atoms with E-state index < -0.39 is 10.0 Å². The number of carbonyl (C=O) groups is 2. The van der Waals surface area contributed by atoms with Gasteiger partial charge < -0.3 is 15.0 Å². The molecule has 166 valence electrons. The second-order valence-corrected chi connectivity index (χ2v) is 9.40. The van der Waals surface area contributed by atoms with Crippen LogP contribution in [0.15, 0.2) is 53.4 Å². The molecule has 0 heterocycles. The number of anilines is 1. The van der Waals surface area contributed by atoms with Crippen molar-refractivity contribution in [1.29, 1.82) is 0 Å². The maximum atomic E-state index is 12.2.